The van der Waals surface area contributed by atoms with Crippen molar-refractivity contribution in [3.05, 3.63) is 0 Å². The topological polar surface area (TPSA) is 85.4 Å². The van der Waals surface area contributed by atoms with Crippen LogP contribution in [0.25, 0.3) is 0 Å². The number of morpholine rings is 1. The van der Waals surface area contributed by atoms with Gasteiger partial charge in [0.25, 0.3) is 10.1 Å². The van der Waals surface area contributed by atoms with Crippen molar-refractivity contribution in [2.24, 2.45) is 0 Å². The van der Waals surface area contributed by atoms with E-state index < -0.39 is 10.1 Å². The minimum Gasteiger partial charge on any atom is -0.450 e. The number of amides is 1. The highest BCUT2D eigenvalue weighted by atomic mass is 32.2. The zero-order valence-corrected chi connectivity index (χ0v) is 11.6. The van der Waals surface area contributed by atoms with Crippen LogP contribution in [-0.4, -0.2) is 62.7 Å². The molecule has 0 spiro atoms. The average molecular weight is 291 g/mol. The summed E-state index contributed by atoms with van der Waals surface area (Å²) in [5.74, 6) is 0. The Morgan fingerprint density at radius 1 is 1.32 bits per heavy atom. The van der Waals surface area contributed by atoms with Gasteiger partial charge in [-0.05, 0) is 19.8 Å². The summed E-state index contributed by atoms with van der Waals surface area (Å²) in [6.07, 6.45) is 1.32. The first-order valence-corrected chi connectivity index (χ1v) is 8.21. The van der Waals surface area contributed by atoms with Crippen LogP contribution < -0.4 is 0 Å². The van der Waals surface area contributed by atoms with E-state index in [1.165, 1.54) is 0 Å². The van der Waals surface area contributed by atoms with Gasteiger partial charge in [-0.15, -0.1) is 0 Å². The van der Waals surface area contributed by atoms with E-state index in [4.69, 9.17) is 13.7 Å². The Morgan fingerprint density at radius 2 is 1.89 bits per heavy atom. The van der Waals surface area contributed by atoms with Gasteiger partial charge in [0, 0.05) is 0 Å². The molecule has 0 aromatic rings. The van der Waals surface area contributed by atoms with Gasteiger partial charge < -0.3 is 9.47 Å². The molecule has 0 N–H and O–H groups in total. The van der Waals surface area contributed by atoms with Gasteiger partial charge in [-0.25, -0.2) is 4.79 Å². The number of ether oxygens (including phenoxy) is 2. The quantitative estimate of drug-likeness (QED) is 0.541. The fourth-order valence-electron chi connectivity index (χ4n) is 3.24. The van der Waals surface area contributed by atoms with Crippen LogP contribution in [-0.2, 0) is 23.8 Å². The Labute approximate surface area is 111 Å². The summed E-state index contributed by atoms with van der Waals surface area (Å²) in [4.78, 5) is 13.6. The predicted octanol–water partition coefficient (Wildman–Crippen LogP) is 0.102. The zero-order chi connectivity index (χ0) is 13.8. The Balaban J connectivity index is 1.72. The van der Waals surface area contributed by atoms with Crippen LogP contribution >= 0.6 is 0 Å². The highest BCUT2D eigenvalue weighted by Crippen LogP contribution is 2.49. The summed E-state index contributed by atoms with van der Waals surface area (Å²) in [5, 5.41) is 0. The molecule has 0 aromatic carbocycles. The number of piperidine rings is 1. The number of carbonyl (C=O) groups is 1. The molecular weight excluding hydrogens is 274 g/mol. The monoisotopic (exact) mass is 291 g/mol. The lowest BCUT2D eigenvalue weighted by atomic mass is 9.99. The molecule has 3 heterocycles. The van der Waals surface area contributed by atoms with Gasteiger partial charge in [0.2, 0.25) is 0 Å². The summed E-state index contributed by atoms with van der Waals surface area (Å²) >= 11 is 0. The van der Waals surface area contributed by atoms with E-state index in [1.807, 2.05) is 0 Å². The van der Waals surface area contributed by atoms with Crippen molar-refractivity contribution >= 4 is 16.2 Å². The molecule has 3 rings (SSSR count). The lowest BCUT2D eigenvalue weighted by Gasteiger charge is -2.39. The molecule has 0 aromatic heterocycles. The van der Waals surface area contributed by atoms with E-state index in [2.05, 4.69) is 0 Å². The van der Waals surface area contributed by atoms with Gasteiger partial charge >= 0.3 is 6.09 Å². The standard InChI is InChI=1S/C11H17NO6S/c1-3-16-11(13)12-7-4-6(18-19(2,14)15)5-8(12)10-9(7)17-10/h6-10H,3-5H2,1-2H3/t6?,7?,8?,9-,10+. The summed E-state index contributed by atoms with van der Waals surface area (Å²) in [5.41, 5.74) is 0. The second kappa shape index (κ2) is 4.32. The number of hydrogen-bond donors (Lipinski definition) is 0. The van der Waals surface area contributed by atoms with Gasteiger partial charge in [0.1, 0.15) is 12.2 Å². The van der Waals surface area contributed by atoms with Crippen LogP contribution in [0.15, 0.2) is 0 Å². The number of carbonyl (C=O) groups excluding carboxylic acids is 1. The van der Waals surface area contributed by atoms with Crippen molar-refractivity contribution in [1.82, 2.24) is 4.90 Å². The first kappa shape index (κ1) is 13.1. The zero-order valence-electron chi connectivity index (χ0n) is 10.8. The SMILES string of the molecule is CCOC(=O)N1C2CC(OS(C)(=O)=O)CC1[C@@H]1O[C@H]21. The minimum absolute atomic E-state index is 0.0163. The fourth-order valence-corrected chi connectivity index (χ4v) is 3.89. The number of epoxide rings is 1. The molecule has 3 aliphatic rings. The largest absolute Gasteiger partial charge is 0.450 e. The highest BCUT2D eigenvalue weighted by Gasteiger charge is 2.65. The lowest BCUT2D eigenvalue weighted by Crippen LogP contribution is -2.52. The van der Waals surface area contributed by atoms with Gasteiger partial charge in [-0.1, -0.05) is 0 Å². The molecule has 3 aliphatic heterocycles. The molecule has 0 aliphatic carbocycles. The van der Waals surface area contributed by atoms with Crippen LogP contribution in [0.2, 0.25) is 0 Å². The van der Waals surface area contributed by atoms with E-state index >= 15 is 0 Å². The van der Waals surface area contributed by atoms with Gasteiger partial charge in [0.15, 0.2) is 0 Å². The number of hydrogen-bond acceptors (Lipinski definition) is 6. The molecule has 5 atom stereocenters. The number of fused-ring (bicyclic) bond motifs is 5. The molecule has 0 radical (unpaired) electrons. The van der Waals surface area contributed by atoms with E-state index in [-0.39, 0.29) is 36.5 Å². The van der Waals surface area contributed by atoms with Gasteiger partial charge in [0.05, 0.1) is 31.1 Å². The van der Waals surface area contributed by atoms with Crippen molar-refractivity contribution in [3.8, 4) is 0 Å². The second-order valence-electron chi connectivity index (χ2n) is 5.20. The third-order valence-electron chi connectivity index (χ3n) is 3.83. The van der Waals surface area contributed by atoms with Crippen LogP contribution in [0, 0.1) is 0 Å². The minimum atomic E-state index is -3.47. The maximum absolute atomic E-state index is 11.9. The molecule has 1 amide bonds. The van der Waals surface area contributed by atoms with Crippen molar-refractivity contribution in [2.45, 2.75) is 50.2 Å². The molecule has 2 bridgehead atoms. The molecule has 3 unspecified atom stereocenters. The maximum Gasteiger partial charge on any atom is 0.410 e. The Hall–Kier alpha value is -0.860. The second-order valence-corrected chi connectivity index (χ2v) is 6.80. The first-order valence-electron chi connectivity index (χ1n) is 6.39. The maximum atomic E-state index is 11.9. The Bertz CT molecular complexity index is 473. The highest BCUT2D eigenvalue weighted by molar-refractivity contribution is 7.86. The van der Waals surface area contributed by atoms with E-state index in [9.17, 15) is 13.2 Å². The van der Waals surface area contributed by atoms with E-state index in [0.717, 1.165) is 6.26 Å². The summed E-state index contributed by atoms with van der Waals surface area (Å²) in [6.45, 7) is 2.09. The smallest absolute Gasteiger partial charge is 0.410 e. The van der Waals surface area contributed by atoms with Crippen LogP contribution in [0.4, 0.5) is 4.79 Å². The molecular formula is C11H17NO6S. The average Bonchev–Trinajstić information content (AvgIpc) is 3.01. The lowest BCUT2D eigenvalue weighted by molar-refractivity contribution is -0.00260. The van der Waals surface area contributed by atoms with Crippen LogP contribution in [0.1, 0.15) is 19.8 Å². The van der Waals surface area contributed by atoms with Crippen LogP contribution in [0.3, 0.4) is 0 Å². The Morgan fingerprint density at radius 3 is 2.37 bits per heavy atom. The normalized spacial score (nSPS) is 39.9. The number of nitrogens with zero attached hydrogens (tertiary/aromatic N) is 1. The predicted molar refractivity (Wildman–Crippen MR) is 64.0 cm³/mol. The summed E-state index contributed by atoms with van der Waals surface area (Å²) < 4.78 is 38.0. The summed E-state index contributed by atoms with van der Waals surface area (Å²) in [7, 11) is -3.47. The van der Waals surface area contributed by atoms with Crippen molar-refractivity contribution < 1.29 is 26.9 Å². The van der Waals surface area contributed by atoms with Crippen molar-refractivity contribution in [2.75, 3.05) is 12.9 Å². The molecule has 7 nitrogen and oxygen atoms in total. The van der Waals surface area contributed by atoms with Crippen molar-refractivity contribution in [1.29, 1.82) is 0 Å². The van der Waals surface area contributed by atoms with E-state index in [1.54, 1.807) is 11.8 Å². The third kappa shape index (κ3) is 2.32. The first-order chi connectivity index (χ1) is 8.90. The molecule has 108 valence electrons. The van der Waals surface area contributed by atoms with Gasteiger partial charge in [-0.2, -0.15) is 8.42 Å². The molecule has 3 fully saturated rings. The number of rotatable bonds is 3. The van der Waals surface area contributed by atoms with Gasteiger partial charge in [-0.3, -0.25) is 9.08 Å². The summed E-state index contributed by atoms with van der Waals surface area (Å²) in [6, 6.07) is -0.260. The van der Waals surface area contributed by atoms with E-state index in [0.29, 0.717) is 19.4 Å². The third-order valence-corrected chi connectivity index (χ3v) is 4.45. The van der Waals surface area contributed by atoms with Crippen molar-refractivity contribution in [3.63, 3.8) is 0 Å². The molecule has 8 heteroatoms. The molecule has 19 heavy (non-hydrogen) atoms. The fraction of sp³-hybridized carbons (Fsp3) is 0.909. The molecule has 0 saturated carbocycles. The van der Waals surface area contributed by atoms with Crippen LogP contribution in [0.5, 0.6) is 0 Å². The Kier molecular flexibility index (Phi) is 2.99. The molecule has 3 saturated heterocycles.